The summed E-state index contributed by atoms with van der Waals surface area (Å²) in [6, 6.07) is 0. The van der Waals surface area contributed by atoms with Crippen molar-refractivity contribution in [1.82, 2.24) is 4.90 Å². The first kappa shape index (κ1) is 14.5. The van der Waals surface area contributed by atoms with Gasteiger partial charge in [-0.3, -0.25) is 4.90 Å². The van der Waals surface area contributed by atoms with Gasteiger partial charge in [-0.25, -0.2) is 0 Å². The molecular formula is C13H26BrNO. The van der Waals surface area contributed by atoms with E-state index in [0.717, 1.165) is 25.1 Å². The summed E-state index contributed by atoms with van der Waals surface area (Å²) in [5, 5.41) is 1.10. The van der Waals surface area contributed by atoms with E-state index in [4.69, 9.17) is 4.74 Å². The average Bonchev–Trinajstić information content (AvgIpc) is 2.28. The van der Waals surface area contributed by atoms with E-state index < -0.39 is 0 Å². The number of hydrogen-bond donors (Lipinski definition) is 0. The largest absolute Gasteiger partial charge is 0.378 e. The highest BCUT2D eigenvalue weighted by Gasteiger charge is 2.36. The van der Waals surface area contributed by atoms with E-state index in [-0.39, 0.29) is 5.54 Å². The van der Waals surface area contributed by atoms with Gasteiger partial charge in [-0.1, -0.05) is 29.8 Å². The Morgan fingerprint density at radius 2 is 1.94 bits per heavy atom. The Balaban J connectivity index is 2.69. The lowest BCUT2D eigenvalue weighted by Gasteiger charge is -2.47. The van der Waals surface area contributed by atoms with E-state index >= 15 is 0 Å². The Labute approximate surface area is 109 Å². The molecule has 0 N–H and O–H groups in total. The van der Waals surface area contributed by atoms with Gasteiger partial charge in [0.05, 0.1) is 13.2 Å². The molecule has 1 fully saturated rings. The number of alkyl halides is 1. The highest BCUT2D eigenvalue weighted by atomic mass is 79.9. The molecule has 0 radical (unpaired) electrons. The minimum absolute atomic E-state index is 0.190. The zero-order valence-electron chi connectivity index (χ0n) is 11.2. The molecule has 1 heterocycles. The van der Waals surface area contributed by atoms with Crippen LogP contribution in [0.15, 0.2) is 0 Å². The molecule has 1 aliphatic rings. The lowest BCUT2D eigenvalue weighted by Crippen LogP contribution is -2.56. The number of hydrogen-bond acceptors (Lipinski definition) is 2. The fourth-order valence-electron chi connectivity index (χ4n) is 2.29. The van der Waals surface area contributed by atoms with Crippen molar-refractivity contribution in [3.8, 4) is 0 Å². The molecule has 0 amide bonds. The molecule has 1 aliphatic heterocycles. The summed E-state index contributed by atoms with van der Waals surface area (Å²) in [6.45, 7) is 13.2. The highest BCUT2D eigenvalue weighted by Crippen LogP contribution is 2.33. The topological polar surface area (TPSA) is 12.5 Å². The second-order valence-electron chi connectivity index (χ2n) is 5.63. The van der Waals surface area contributed by atoms with Crippen LogP contribution in [-0.2, 0) is 4.74 Å². The molecule has 0 saturated carbocycles. The molecule has 0 bridgehead atoms. The van der Waals surface area contributed by atoms with Crippen LogP contribution in [0.5, 0.6) is 0 Å². The average molecular weight is 292 g/mol. The predicted octanol–water partition coefficient (Wildman–Crippen LogP) is 3.30. The minimum Gasteiger partial charge on any atom is -0.378 e. The monoisotopic (exact) mass is 291 g/mol. The van der Waals surface area contributed by atoms with Crippen LogP contribution in [0.25, 0.3) is 0 Å². The molecule has 0 aromatic rings. The van der Waals surface area contributed by atoms with Crippen molar-refractivity contribution in [2.45, 2.75) is 46.1 Å². The minimum atomic E-state index is 0.190. The van der Waals surface area contributed by atoms with Crippen LogP contribution in [-0.4, -0.2) is 42.1 Å². The zero-order valence-corrected chi connectivity index (χ0v) is 12.8. The first-order valence-corrected chi connectivity index (χ1v) is 7.50. The molecule has 1 rings (SSSR count). The maximum atomic E-state index is 5.58. The molecule has 0 aliphatic carbocycles. The summed E-state index contributed by atoms with van der Waals surface area (Å²) in [5.41, 5.74) is 0.616. The number of nitrogens with zero attached hydrogens (tertiary/aromatic N) is 1. The van der Waals surface area contributed by atoms with Gasteiger partial charge in [0.25, 0.3) is 0 Å². The van der Waals surface area contributed by atoms with Crippen molar-refractivity contribution in [3.05, 3.63) is 0 Å². The van der Waals surface area contributed by atoms with E-state index in [0.29, 0.717) is 5.41 Å². The summed E-state index contributed by atoms with van der Waals surface area (Å²) in [7, 11) is 0. The third kappa shape index (κ3) is 3.21. The lowest BCUT2D eigenvalue weighted by atomic mass is 9.82. The van der Waals surface area contributed by atoms with Crippen LogP contribution in [0.1, 0.15) is 40.5 Å². The van der Waals surface area contributed by atoms with Crippen LogP contribution in [0, 0.1) is 5.41 Å². The predicted molar refractivity (Wildman–Crippen MR) is 73.3 cm³/mol. The first-order valence-electron chi connectivity index (χ1n) is 6.38. The molecule has 96 valence electrons. The molecule has 0 aromatic heterocycles. The maximum Gasteiger partial charge on any atom is 0.0645 e. The van der Waals surface area contributed by atoms with Gasteiger partial charge in [0, 0.05) is 24.0 Å². The Morgan fingerprint density at radius 1 is 1.31 bits per heavy atom. The Bertz CT molecular complexity index is 206. The fourth-order valence-corrected chi connectivity index (χ4v) is 3.26. The van der Waals surface area contributed by atoms with Crippen molar-refractivity contribution in [1.29, 1.82) is 0 Å². The fraction of sp³-hybridized carbons (Fsp3) is 1.00. The van der Waals surface area contributed by atoms with Crippen molar-refractivity contribution >= 4 is 15.9 Å². The normalized spacial score (nSPS) is 22.3. The highest BCUT2D eigenvalue weighted by molar-refractivity contribution is 9.09. The number of rotatable bonds is 5. The Hall–Kier alpha value is 0.400. The SMILES string of the molecule is CCC(CC)(CBr)CN1CCOCC1(C)C. The quantitative estimate of drug-likeness (QED) is 0.721. The standard InChI is InChI=1S/C13H26BrNO/c1-5-13(6-2,9-14)10-15-7-8-16-11-12(15,3)4/h5-11H2,1-4H3. The molecule has 1 saturated heterocycles. The molecule has 0 unspecified atom stereocenters. The maximum absolute atomic E-state index is 5.58. The van der Waals surface area contributed by atoms with Crippen LogP contribution < -0.4 is 0 Å². The summed E-state index contributed by atoms with van der Waals surface area (Å²) in [5.74, 6) is 0. The van der Waals surface area contributed by atoms with E-state index in [1.165, 1.54) is 19.4 Å². The number of ether oxygens (including phenoxy) is 1. The second-order valence-corrected chi connectivity index (χ2v) is 6.19. The van der Waals surface area contributed by atoms with Gasteiger partial charge < -0.3 is 4.74 Å². The molecule has 0 atom stereocenters. The lowest BCUT2D eigenvalue weighted by molar-refractivity contribution is -0.0666. The van der Waals surface area contributed by atoms with Gasteiger partial charge in [0.1, 0.15) is 0 Å². The van der Waals surface area contributed by atoms with Crippen LogP contribution in [0.4, 0.5) is 0 Å². The zero-order chi connectivity index (χ0) is 12.2. The van der Waals surface area contributed by atoms with Gasteiger partial charge >= 0.3 is 0 Å². The smallest absolute Gasteiger partial charge is 0.0645 e. The molecular weight excluding hydrogens is 266 g/mol. The van der Waals surface area contributed by atoms with E-state index in [1.54, 1.807) is 0 Å². The van der Waals surface area contributed by atoms with Crippen molar-refractivity contribution in [2.24, 2.45) is 5.41 Å². The van der Waals surface area contributed by atoms with Gasteiger partial charge in [-0.2, -0.15) is 0 Å². The van der Waals surface area contributed by atoms with Gasteiger partial charge in [-0.05, 0) is 32.1 Å². The van der Waals surface area contributed by atoms with Crippen molar-refractivity contribution < 1.29 is 4.74 Å². The third-order valence-corrected chi connectivity index (χ3v) is 5.32. The van der Waals surface area contributed by atoms with Gasteiger partial charge in [0.2, 0.25) is 0 Å². The van der Waals surface area contributed by atoms with Crippen LogP contribution in [0.3, 0.4) is 0 Å². The van der Waals surface area contributed by atoms with Gasteiger partial charge in [-0.15, -0.1) is 0 Å². The Morgan fingerprint density at radius 3 is 2.38 bits per heavy atom. The first-order chi connectivity index (χ1) is 7.49. The van der Waals surface area contributed by atoms with E-state index in [2.05, 4.69) is 48.5 Å². The van der Waals surface area contributed by atoms with E-state index in [1.807, 2.05) is 0 Å². The van der Waals surface area contributed by atoms with Crippen molar-refractivity contribution in [2.75, 3.05) is 31.6 Å². The molecule has 2 nitrogen and oxygen atoms in total. The third-order valence-electron chi connectivity index (χ3n) is 4.13. The Kier molecular flexibility index (Phi) is 5.27. The molecule has 0 spiro atoms. The van der Waals surface area contributed by atoms with Crippen molar-refractivity contribution in [3.63, 3.8) is 0 Å². The molecule has 0 aromatic carbocycles. The number of morpholine rings is 1. The van der Waals surface area contributed by atoms with E-state index in [9.17, 15) is 0 Å². The van der Waals surface area contributed by atoms with Gasteiger partial charge in [0.15, 0.2) is 0 Å². The summed E-state index contributed by atoms with van der Waals surface area (Å²) in [6.07, 6.45) is 2.48. The molecule has 3 heteroatoms. The number of halogens is 1. The molecule has 16 heavy (non-hydrogen) atoms. The summed E-state index contributed by atoms with van der Waals surface area (Å²) >= 11 is 3.70. The second kappa shape index (κ2) is 5.83. The van der Waals surface area contributed by atoms with Crippen LogP contribution >= 0.6 is 15.9 Å². The summed E-state index contributed by atoms with van der Waals surface area (Å²) in [4.78, 5) is 2.60. The van der Waals surface area contributed by atoms with Crippen LogP contribution in [0.2, 0.25) is 0 Å². The summed E-state index contributed by atoms with van der Waals surface area (Å²) < 4.78 is 5.58.